The lowest BCUT2D eigenvalue weighted by molar-refractivity contribution is 0.0731. The van der Waals surface area contributed by atoms with Gasteiger partial charge in [0.25, 0.3) is 5.91 Å². The summed E-state index contributed by atoms with van der Waals surface area (Å²) >= 11 is 0. The van der Waals surface area contributed by atoms with Crippen molar-refractivity contribution in [1.29, 1.82) is 0 Å². The summed E-state index contributed by atoms with van der Waals surface area (Å²) in [5.74, 6) is -0.272. The predicted molar refractivity (Wildman–Crippen MR) is 105 cm³/mol. The quantitative estimate of drug-likeness (QED) is 0.740. The lowest BCUT2D eigenvalue weighted by Gasteiger charge is -2.27. The zero-order valence-corrected chi connectivity index (χ0v) is 16.1. The van der Waals surface area contributed by atoms with Crippen molar-refractivity contribution in [3.05, 3.63) is 65.8 Å². The Morgan fingerprint density at radius 2 is 2.10 bits per heavy atom. The van der Waals surface area contributed by atoms with Gasteiger partial charge in [-0.05, 0) is 43.7 Å². The molecule has 4 heterocycles. The van der Waals surface area contributed by atoms with E-state index in [1.54, 1.807) is 24.7 Å². The van der Waals surface area contributed by atoms with Gasteiger partial charge in [0.15, 0.2) is 0 Å². The highest BCUT2D eigenvalue weighted by molar-refractivity contribution is 5.93. The molecule has 0 saturated carbocycles. The fourth-order valence-electron chi connectivity index (χ4n) is 4.20. The van der Waals surface area contributed by atoms with E-state index in [4.69, 9.17) is 0 Å². The molecule has 1 aromatic carbocycles. The van der Waals surface area contributed by atoms with Crippen LogP contribution in [-0.2, 0) is 13.0 Å². The number of nitrogens with one attached hydrogen (secondary N) is 1. The Kier molecular flexibility index (Phi) is 4.63. The second-order valence-corrected chi connectivity index (χ2v) is 7.67. The normalized spacial score (nSPS) is 19.2. The number of piperidine rings is 1. The molecule has 8 heteroatoms. The Labute approximate surface area is 168 Å². The largest absolute Gasteiger partial charge is 0.332 e. The third-order valence-corrected chi connectivity index (χ3v) is 5.80. The van der Waals surface area contributed by atoms with Gasteiger partial charge in [0.2, 0.25) is 0 Å². The van der Waals surface area contributed by atoms with Gasteiger partial charge >= 0.3 is 0 Å². The molecular formula is C21H23FN6O. The van der Waals surface area contributed by atoms with Gasteiger partial charge in [-0.3, -0.25) is 9.48 Å². The Bertz CT molecular complexity index is 1020. The fourth-order valence-corrected chi connectivity index (χ4v) is 4.20. The molecule has 1 amide bonds. The van der Waals surface area contributed by atoms with Gasteiger partial charge in [0.05, 0.1) is 36.4 Å². The molecular weight excluding hydrogens is 371 g/mol. The van der Waals surface area contributed by atoms with E-state index in [1.807, 2.05) is 20.3 Å². The zero-order chi connectivity index (χ0) is 19.8. The van der Waals surface area contributed by atoms with Crippen LogP contribution in [0.15, 0.2) is 43.0 Å². The number of carbonyl (C=O) groups excluding carboxylic acids is 1. The molecule has 29 heavy (non-hydrogen) atoms. The number of benzene rings is 1. The summed E-state index contributed by atoms with van der Waals surface area (Å²) < 4.78 is 17.1. The molecule has 0 radical (unpaired) electrons. The topological polar surface area (TPSA) is 68.0 Å². The molecule has 1 fully saturated rings. The third kappa shape index (κ3) is 3.44. The van der Waals surface area contributed by atoms with Gasteiger partial charge in [-0.1, -0.05) is 0 Å². The minimum atomic E-state index is -0.260. The van der Waals surface area contributed by atoms with Crippen molar-refractivity contribution in [3.8, 4) is 5.69 Å². The molecule has 2 aliphatic heterocycles. The van der Waals surface area contributed by atoms with Crippen LogP contribution in [0.4, 0.5) is 4.39 Å². The van der Waals surface area contributed by atoms with Crippen LogP contribution in [0, 0.1) is 5.82 Å². The minimum Gasteiger partial charge on any atom is -0.332 e. The van der Waals surface area contributed by atoms with Crippen LogP contribution in [0.1, 0.15) is 40.6 Å². The van der Waals surface area contributed by atoms with Gasteiger partial charge in [0.1, 0.15) is 5.82 Å². The molecule has 0 bridgehead atoms. The first-order valence-electron chi connectivity index (χ1n) is 10.0. The van der Waals surface area contributed by atoms with E-state index in [-0.39, 0.29) is 11.7 Å². The maximum absolute atomic E-state index is 13.2. The van der Waals surface area contributed by atoms with Crippen molar-refractivity contribution in [2.45, 2.75) is 31.8 Å². The monoisotopic (exact) mass is 394 g/mol. The first kappa shape index (κ1) is 18.1. The summed E-state index contributed by atoms with van der Waals surface area (Å²) in [6.45, 7) is 3.03. The molecule has 1 atom stereocenters. The van der Waals surface area contributed by atoms with Crippen LogP contribution in [0.25, 0.3) is 5.69 Å². The SMILES string of the molecule is O=C(c1cnn(C2CCCNC2)c1)N1CCc2c(ncn2-c2ccc(F)cc2)C1. The van der Waals surface area contributed by atoms with Crippen LogP contribution in [-0.4, -0.2) is 49.8 Å². The van der Waals surface area contributed by atoms with E-state index in [0.29, 0.717) is 31.1 Å². The summed E-state index contributed by atoms with van der Waals surface area (Å²) in [5, 5.41) is 7.81. The van der Waals surface area contributed by atoms with E-state index in [9.17, 15) is 9.18 Å². The van der Waals surface area contributed by atoms with Crippen molar-refractivity contribution >= 4 is 5.91 Å². The van der Waals surface area contributed by atoms with E-state index >= 15 is 0 Å². The van der Waals surface area contributed by atoms with Crippen molar-refractivity contribution in [1.82, 2.24) is 29.5 Å². The average Bonchev–Trinajstić information content (AvgIpc) is 3.42. The number of aromatic nitrogens is 4. The summed E-state index contributed by atoms with van der Waals surface area (Å²) in [6.07, 6.45) is 8.20. The van der Waals surface area contributed by atoms with Crippen LogP contribution in [0.2, 0.25) is 0 Å². The molecule has 0 aliphatic carbocycles. The van der Waals surface area contributed by atoms with Gasteiger partial charge in [-0.15, -0.1) is 0 Å². The smallest absolute Gasteiger partial charge is 0.257 e. The van der Waals surface area contributed by atoms with E-state index in [1.165, 1.54) is 12.1 Å². The maximum atomic E-state index is 13.2. The second kappa shape index (κ2) is 7.44. The molecule has 0 spiro atoms. The number of imidazole rings is 1. The molecule has 1 N–H and O–H groups in total. The fraction of sp³-hybridized carbons (Fsp3) is 0.381. The highest BCUT2D eigenvalue weighted by Crippen LogP contribution is 2.23. The van der Waals surface area contributed by atoms with Crippen LogP contribution >= 0.6 is 0 Å². The molecule has 5 rings (SSSR count). The number of carbonyl (C=O) groups is 1. The Morgan fingerprint density at radius 1 is 1.24 bits per heavy atom. The van der Waals surface area contributed by atoms with Gasteiger partial charge in [-0.25, -0.2) is 9.37 Å². The Hall–Kier alpha value is -3.00. The predicted octanol–water partition coefficient (Wildman–Crippen LogP) is 2.33. The minimum absolute atomic E-state index is 0.0120. The van der Waals surface area contributed by atoms with Crippen molar-refractivity contribution in [3.63, 3.8) is 0 Å². The molecule has 7 nitrogen and oxygen atoms in total. The number of hydrogen-bond donors (Lipinski definition) is 1. The first-order chi connectivity index (χ1) is 14.2. The number of amides is 1. The molecule has 3 aromatic rings. The Balaban J connectivity index is 1.31. The second-order valence-electron chi connectivity index (χ2n) is 7.67. The van der Waals surface area contributed by atoms with Gasteiger partial charge in [0, 0.05) is 37.1 Å². The molecule has 2 aliphatic rings. The van der Waals surface area contributed by atoms with Crippen molar-refractivity contribution in [2.24, 2.45) is 0 Å². The van der Waals surface area contributed by atoms with Crippen LogP contribution in [0.3, 0.4) is 0 Å². The number of halogens is 1. The van der Waals surface area contributed by atoms with Gasteiger partial charge in [-0.2, -0.15) is 5.10 Å². The lowest BCUT2D eigenvalue weighted by Crippen LogP contribution is -2.36. The molecule has 2 aromatic heterocycles. The van der Waals surface area contributed by atoms with Gasteiger partial charge < -0.3 is 14.8 Å². The first-order valence-corrected chi connectivity index (χ1v) is 10.0. The maximum Gasteiger partial charge on any atom is 0.257 e. The highest BCUT2D eigenvalue weighted by atomic mass is 19.1. The number of rotatable bonds is 3. The third-order valence-electron chi connectivity index (χ3n) is 5.80. The van der Waals surface area contributed by atoms with Crippen molar-refractivity contribution < 1.29 is 9.18 Å². The van der Waals surface area contributed by atoms with E-state index in [2.05, 4.69) is 15.4 Å². The number of nitrogens with zero attached hydrogens (tertiary/aromatic N) is 5. The highest BCUT2D eigenvalue weighted by Gasteiger charge is 2.27. The van der Waals surface area contributed by atoms with E-state index < -0.39 is 0 Å². The summed E-state index contributed by atoms with van der Waals surface area (Å²) in [4.78, 5) is 19.3. The number of fused-ring (bicyclic) bond motifs is 1. The molecule has 1 saturated heterocycles. The zero-order valence-electron chi connectivity index (χ0n) is 16.1. The summed E-state index contributed by atoms with van der Waals surface area (Å²) in [7, 11) is 0. The molecule has 150 valence electrons. The van der Waals surface area contributed by atoms with Crippen LogP contribution < -0.4 is 5.32 Å². The summed E-state index contributed by atoms with van der Waals surface area (Å²) in [5.41, 5.74) is 3.46. The number of hydrogen-bond acceptors (Lipinski definition) is 4. The van der Waals surface area contributed by atoms with E-state index in [0.717, 1.165) is 43.0 Å². The van der Waals surface area contributed by atoms with Crippen molar-refractivity contribution in [2.75, 3.05) is 19.6 Å². The summed E-state index contributed by atoms with van der Waals surface area (Å²) in [6, 6.07) is 6.68. The Morgan fingerprint density at radius 3 is 2.90 bits per heavy atom. The lowest BCUT2D eigenvalue weighted by atomic mass is 10.1. The molecule has 1 unspecified atom stereocenters. The van der Waals surface area contributed by atoms with Crippen LogP contribution in [0.5, 0.6) is 0 Å². The average molecular weight is 394 g/mol. The standard InChI is InChI=1S/C21H23FN6O/c22-16-3-5-17(6-4-16)27-14-24-19-13-26(9-7-20(19)27)21(29)15-10-25-28(12-15)18-2-1-8-23-11-18/h3-6,10,12,14,18,23H,1-2,7-9,11,13H2.